The lowest BCUT2D eigenvalue weighted by Gasteiger charge is -2.17. The van der Waals surface area contributed by atoms with E-state index in [9.17, 15) is 4.79 Å². The summed E-state index contributed by atoms with van der Waals surface area (Å²) >= 11 is 12.0. The minimum atomic E-state index is -0.352. The molecule has 0 spiro atoms. The SMILES string of the molecule is C#CCn1ncc(Cl)c(NC(C)c2cccc(Cl)c2)c1=O. The monoisotopic (exact) mass is 321 g/mol. The van der Waals surface area contributed by atoms with Crippen molar-refractivity contribution in [2.24, 2.45) is 0 Å². The Kier molecular flexibility index (Phi) is 4.89. The van der Waals surface area contributed by atoms with E-state index in [-0.39, 0.29) is 28.9 Å². The predicted octanol–water partition coefficient (Wildman–Crippen LogP) is 3.36. The third-order valence-corrected chi connectivity index (χ3v) is 3.47. The highest BCUT2D eigenvalue weighted by Gasteiger charge is 2.13. The van der Waals surface area contributed by atoms with E-state index in [0.29, 0.717) is 5.02 Å². The van der Waals surface area contributed by atoms with E-state index in [0.717, 1.165) is 5.56 Å². The molecule has 0 radical (unpaired) electrons. The highest BCUT2D eigenvalue weighted by Crippen LogP contribution is 2.23. The maximum atomic E-state index is 12.2. The van der Waals surface area contributed by atoms with Crippen molar-refractivity contribution in [3.8, 4) is 12.3 Å². The van der Waals surface area contributed by atoms with Crippen molar-refractivity contribution in [2.45, 2.75) is 19.5 Å². The summed E-state index contributed by atoms with van der Waals surface area (Å²) in [6.45, 7) is 2.00. The second-order valence-electron chi connectivity index (χ2n) is 4.46. The molecule has 1 unspecified atom stereocenters. The van der Waals surface area contributed by atoms with Gasteiger partial charge in [-0.25, -0.2) is 4.68 Å². The van der Waals surface area contributed by atoms with E-state index in [1.165, 1.54) is 10.9 Å². The molecule has 0 bridgehead atoms. The van der Waals surface area contributed by atoms with Crippen molar-refractivity contribution in [1.82, 2.24) is 9.78 Å². The van der Waals surface area contributed by atoms with E-state index in [1.807, 2.05) is 25.1 Å². The maximum absolute atomic E-state index is 12.2. The van der Waals surface area contributed by atoms with Crippen molar-refractivity contribution in [1.29, 1.82) is 0 Å². The average molecular weight is 322 g/mol. The normalized spacial score (nSPS) is 11.7. The number of anilines is 1. The molecule has 2 aromatic rings. The van der Waals surface area contributed by atoms with Crippen molar-refractivity contribution < 1.29 is 0 Å². The molecule has 1 N–H and O–H groups in total. The Labute approximate surface area is 132 Å². The molecule has 0 aliphatic rings. The molecule has 1 heterocycles. The van der Waals surface area contributed by atoms with Gasteiger partial charge in [-0.3, -0.25) is 4.79 Å². The van der Waals surface area contributed by atoms with Gasteiger partial charge in [-0.2, -0.15) is 5.10 Å². The van der Waals surface area contributed by atoms with Crippen LogP contribution in [0.5, 0.6) is 0 Å². The smallest absolute Gasteiger partial charge is 0.292 e. The summed E-state index contributed by atoms with van der Waals surface area (Å²) in [5.41, 5.74) is 0.863. The summed E-state index contributed by atoms with van der Waals surface area (Å²) in [6.07, 6.45) is 6.60. The predicted molar refractivity (Wildman–Crippen MR) is 85.8 cm³/mol. The van der Waals surface area contributed by atoms with Gasteiger partial charge in [0.15, 0.2) is 0 Å². The first-order chi connectivity index (χ1) is 10.0. The number of rotatable bonds is 4. The van der Waals surface area contributed by atoms with Gasteiger partial charge >= 0.3 is 0 Å². The molecule has 1 atom stereocenters. The summed E-state index contributed by atoms with van der Waals surface area (Å²) in [5.74, 6) is 2.38. The van der Waals surface area contributed by atoms with Gasteiger partial charge in [0.05, 0.1) is 11.2 Å². The van der Waals surface area contributed by atoms with Gasteiger partial charge in [-0.15, -0.1) is 6.42 Å². The highest BCUT2D eigenvalue weighted by molar-refractivity contribution is 6.33. The van der Waals surface area contributed by atoms with Crippen LogP contribution in [-0.2, 0) is 6.54 Å². The average Bonchev–Trinajstić information content (AvgIpc) is 2.46. The van der Waals surface area contributed by atoms with Crippen molar-refractivity contribution in [3.05, 3.63) is 56.4 Å². The van der Waals surface area contributed by atoms with E-state index in [4.69, 9.17) is 29.6 Å². The number of terminal acetylenes is 1. The van der Waals surface area contributed by atoms with Crippen LogP contribution in [-0.4, -0.2) is 9.78 Å². The summed E-state index contributed by atoms with van der Waals surface area (Å²) < 4.78 is 1.18. The molecule has 108 valence electrons. The Morgan fingerprint density at radius 3 is 2.90 bits per heavy atom. The van der Waals surface area contributed by atoms with Crippen LogP contribution < -0.4 is 10.9 Å². The number of halogens is 2. The summed E-state index contributed by atoms with van der Waals surface area (Å²) in [6, 6.07) is 7.24. The zero-order valence-electron chi connectivity index (χ0n) is 11.3. The maximum Gasteiger partial charge on any atom is 0.292 e. The van der Waals surface area contributed by atoms with Gasteiger partial charge in [-0.05, 0) is 24.6 Å². The Morgan fingerprint density at radius 2 is 2.24 bits per heavy atom. The zero-order valence-corrected chi connectivity index (χ0v) is 12.8. The quantitative estimate of drug-likeness (QED) is 0.878. The van der Waals surface area contributed by atoms with Gasteiger partial charge < -0.3 is 5.32 Å². The van der Waals surface area contributed by atoms with Crippen LogP contribution >= 0.6 is 23.2 Å². The lowest BCUT2D eigenvalue weighted by atomic mass is 10.1. The van der Waals surface area contributed by atoms with E-state index in [1.54, 1.807) is 6.07 Å². The largest absolute Gasteiger partial charge is 0.373 e. The van der Waals surface area contributed by atoms with Gasteiger partial charge in [0.2, 0.25) is 0 Å². The minimum absolute atomic E-state index is 0.0935. The van der Waals surface area contributed by atoms with Gasteiger partial charge in [0.1, 0.15) is 12.2 Å². The fourth-order valence-corrected chi connectivity index (χ4v) is 2.25. The number of nitrogens with zero attached hydrogens (tertiary/aromatic N) is 2. The van der Waals surface area contributed by atoms with E-state index in [2.05, 4.69) is 16.3 Å². The number of hydrogen-bond donors (Lipinski definition) is 1. The summed E-state index contributed by atoms with van der Waals surface area (Å²) in [7, 11) is 0. The van der Waals surface area contributed by atoms with Crippen molar-refractivity contribution in [2.75, 3.05) is 5.32 Å². The molecule has 0 fully saturated rings. The molecule has 1 aromatic carbocycles. The first kappa shape index (κ1) is 15.4. The van der Waals surface area contributed by atoms with Crippen LogP contribution in [0.25, 0.3) is 0 Å². The van der Waals surface area contributed by atoms with Gasteiger partial charge in [0.25, 0.3) is 5.56 Å². The number of aromatic nitrogens is 2. The van der Waals surface area contributed by atoms with Gasteiger partial charge in [-0.1, -0.05) is 41.3 Å². The van der Waals surface area contributed by atoms with E-state index >= 15 is 0 Å². The second kappa shape index (κ2) is 6.66. The molecule has 0 aliphatic heterocycles. The third kappa shape index (κ3) is 3.57. The first-order valence-electron chi connectivity index (χ1n) is 6.24. The van der Waals surface area contributed by atoms with Crippen LogP contribution in [0, 0.1) is 12.3 Å². The molecule has 4 nitrogen and oxygen atoms in total. The Morgan fingerprint density at radius 1 is 1.48 bits per heavy atom. The standard InChI is InChI=1S/C15H13Cl2N3O/c1-3-7-20-15(21)14(13(17)9-18-20)19-10(2)11-5-4-6-12(16)8-11/h1,4-6,8-10,19H,7H2,2H3. The van der Waals surface area contributed by atoms with Crippen LogP contribution in [0.15, 0.2) is 35.3 Å². The lowest BCUT2D eigenvalue weighted by Crippen LogP contribution is -2.26. The molecular weight excluding hydrogens is 309 g/mol. The Hall–Kier alpha value is -1.96. The molecular formula is C15H13Cl2N3O. The molecule has 0 amide bonds. The first-order valence-corrected chi connectivity index (χ1v) is 6.99. The van der Waals surface area contributed by atoms with E-state index < -0.39 is 0 Å². The highest BCUT2D eigenvalue weighted by atomic mass is 35.5. The second-order valence-corrected chi connectivity index (χ2v) is 5.30. The van der Waals surface area contributed by atoms with Gasteiger partial charge in [0, 0.05) is 11.1 Å². The molecule has 21 heavy (non-hydrogen) atoms. The Balaban J connectivity index is 2.33. The minimum Gasteiger partial charge on any atom is -0.373 e. The Bertz CT molecular complexity index is 749. The fraction of sp³-hybridized carbons (Fsp3) is 0.200. The molecule has 6 heteroatoms. The number of hydrogen-bond acceptors (Lipinski definition) is 3. The molecule has 2 rings (SSSR count). The van der Waals surface area contributed by atoms with Crippen LogP contribution in [0.4, 0.5) is 5.69 Å². The van der Waals surface area contributed by atoms with Crippen molar-refractivity contribution in [3.63, 3.8) is 0 Å². The molecule has 0 aliphatic carbocycles. The van der Waals surface area contributed by atoms with Crippen LogP contribution in [0.3, 0.4) is 0 Å². The van der Waals surface area contributed by atoms with Crippen molar-refractivity contribution >= 4 is 28.9 Å². The molecule has 0 saturated heterocycles. The zero-order chi connectivity index (χ0) is 15.4. The fourth-order valence-electron chi connectivity index (χ4n) is 1.87. The number of benzene rings is 1. The van der Waals surface area contributed by atoms with Crippen LogP contribution in [0.2, 0.25) is 10.0 Å². The third-order valence-electron chi connectivity index (χ3n) is 2.95. The van der Waals surface area contributed by atoms with Crippen LogP contribution in [0.1, 0.15) is 18.5 Å². The lowest BCUT2D eigenvalue weighted by molar-refractivity contribution is 0.662. The summed E-state index contributed by atoms with van der Waals surface area (Å²) in [4.78, 5) is 12.2. The molecule has 1 aromatic heterocycles. The topological polar surface area (TPSA) is 46.9 Å². The molecule has 0 saturated carbocycles. The number of nitrogens with one attached hydrogen (secondary N) is 1. The summed E-state index contributed by atoms with van der Waals surface area (Å²) in [5, 5.41) is 7.86.